The van der Waals surface area contributed by atoms with Crippen molar-refractivity contribution in [3.8, 4) is 0 Å². The summed E-state index contributed by atoms with van der Waals surface area (Å²) < 4.78 is 0. The van der Waals surface area contributed by atoms with Crippen LogP contribution < -0.4 is 5.73 Å². The second kappa shape index (κ2) is 4.58. The number of nitrogens with two attached hydrogens (primary N) is 1. The Morgan fingerprint density at radius 1 is 1.00 bits per heavy atom. The van der Waals surface area contributed by atoms with Crippen LogP contribution in [0.5, 0.6) is 0 Å². The average Bonchev–Trinajstić information content (AvgIpc) is 2.16. The maximum Gasteiger partial charge on any atom is -0.00226 e. The van der Waals surface area contributed by atoms with Gasteiger partial charge in [-0.1, -0.05) is 58.9 Å². The largest absolute Gasteiger partial charge is 0.330 e. The van der Waals surface area contributed by atoms with Crippen molar-refractivity contribution in [3.63, 3.8) is 0 Å². The lowest BCUT2D eigenvalue weighted by molar-refractivity contribution is 0.373. The highest BCUT2D eigenvalue weighted by Gasteiger charge is 2.22. The van der Waals surface area contributed by atoms with Crippen molar-refractivity contribution in [1.82, 2.24) is 0 Å². The van der Waals surface area contributed by atoms with Gasteiger partial charge in [0, 0.05) is 0 Å². The zero-order chi connectivity index (χ0) is 12.4. The smallest absolute Gasteiger partial charge is 0.00226 e. The van der Waals surface area contributed by atoms with Crippen molar-refractivity contribution in [3.05, 3.63) is 35.4 Å². The first-order chi connectivity index (χ1) is 7.26. The van der Waals surface area contributed by atoms with Crippen molar-refractivity contribution < 1.29 is 0 Å². The van der Waals surface area contributed by atoms with Crippen LogP contribution in [0.25, 0.3) is 0 Å². The fraction of sp³-hybridized carbons (Fsp3) is 0.600. The molecule has 2 N–H and O–H groups in total. The third kappa shape index (κ3) is 3.34. The van der Waals surface area contributed by atoms with Crippen LogP contribution in [0.15, 0.2) is 24.3 Å². The normalized spacial score (nSPS) is 12.9. The van der Waals surface area contributed by atoms with E-state index in [1.165, 1.54) is 11.1 Å². The minimum atomic E-state index is 0.182. The zero-order valence-electron chi connectivity index (χ0n) is 11.3. The van der Waals surface area contributed by atoms with E-state index in [9.17, 15) is 0 Å². The predicted molar refractivity (Wildman–Crippen MR) is 71.7 cm³/mol. The SMILES string of the molecule is CC(C)(CN)Cc1ccccc1C(C)(C)C. The lowest BCUT2D eigenvalue weighted by atomic mass is 9.78. The summed E-state index contributed by atoms with van der Waals surface area (Å²) in [5.41, 5.74) is 9.08. The molecule has 0 atom stereocenters. The van der Waals surface area contributed by atoms with E-state index in [0.29, 0.717) is 0 Å². The molecular weight excluding hydrogens is 194 g/mol. The topological polar surface area (TPSA) is 26.0 Å². The summed E-state index contributed by atoms with van der Waals surface area (Å²) in [6, 6.07) is 8.72. The highest BCUT2D eigenvalue weighted by Crippen LogP contribution is 2.30. The van der Waals surface area contributed by atoms with E-state index >= 15 is 0 Å². The molecule has 0 aromatic heterocycles. The number of rotatable bonds is 3. The number of benzene rings is 1. The van der Waals surface area contributed by atoms with Crippen LogP contribution in [0.2, 0.25) is 0 Å². The van der Waals surface area contributed by atoms with Gasteiger partial charge in [-0.15, -0.1) is 0 Å². The molecule has 0 amide bonds. The second-order valence-electron chi connectivity index (χ2n) is 6.45. The summed E-state index contributed by atoms with van der Waals surface area (Å²) in [7, 11) is 0. The van der Waals surface area contributed by atoms with E-state index in [2.05, 4.69) is 58.9 Å². The monoisotopic (exact) mass is 219 g/mol. The summed E-state index contributed by atoms with van der Waals surface area (Å²) in [6.45, 7) is 12.0. The zero-order valence-corrected chi connectivity index (χ0v) is 11.3. The maximum atomic E-state index is 5.81. The first-order valence-corrected chi connectivity index (χ1v) is 6.05. The van der Waals surface area contributed by atoms with E-state index in [-0.39, 0.29) is 10.8 Å². The fourth-order valence-corrected chi connectivity index (χ4v) is 1.99. The average molecular weight is 219 g/mol. The second-order valence-corrected chi connectivity index (χ2v) is 6.45. The molecule has 1 aromatic carbocycles. The number of hydrogen-bond donors (Lipinski definition) is 1. The molecule has 0 saturated heterocycles. The molecule has 1 rings (SSSR count). The predicted octanol–water partition coefficient (Wildman–Crippen LogP) is 3.51. The van der Waals surface area contributed by atoms with Gasteiger partial charge >= 0.3 is 0 Å². The Hall–Kier alpha value is -0.820. The Balaban J connectivity index is 3.06. The van der Waals surface area contributed by atoms with Crippen molar-refractivity contribution >= 4 is 0 Å². The van der Waals surface area contributed by atoms with Crippen LogP contribution in [0.3, 0.4) is 0 Å². The van der Waals surface area contributed by atoms with Gasteiger partial charge < -0.3 is 5.73 Å². The Morgan fingerprint density at radius 2 is 1.56 bits per heavy atom. The molecule has 90 valence electrons. The maximum absolute atomic E-state index is 5.81. The van der Waals surface area contributed by atoms with Crippen LogP contribution in [0.1, 0.15) is 45.7 Å². The minimum Gasteiger partial charge on any atom is -0.330 e. The molecule has 0 aliphatic rings. The summed E-state index contributed by atoms with van der Waals surface area (Å²) in [4.78, 5) is 0. The molecular formula is C15H25N. The lowest BCUT2D eigenvalue weighted by Crippen LogP contribution is -2.27. The van der Waals surface area contributed by atoms with Crippen LogP contribution >= 0.6 is 0 Å². The van der Waals surface area contributed by atoms with E-state index in [4.69, 9.17) is 5.73 Å². The van der Waals surface area contributed by atoms with Crippen LogP contribution in [0, 0.1) is 5.41 Å². The molecule has 1 heteroatoms. The molecule has 0 aliphatic heterocycles. The Morgan fingerprint density at radius 3 is 2.06 bits per heavy atom. The molecule has 0 fully saturated rings. The Bertz CT molecular complexity index is 345. The third-order valence-corrected chi connectivity index (χ3v) is 3.05. The van der Waals surface area contributed by atoms with Gasteiger partial charge in [0.05, 0.1) is 0 Å². The molecule has 0 aliphatic carbocycles. The third-order valence-electron chi connectivity index (χ3n) is 3.05. The van der Waals surface area contributed by atoms with E-state index < -0.39 is 0 Å². The molecule has 0 saturated carbocycles. The van der Waals surface area contributed by atoms with Gasteiger partial charge in [-0.05, 0) is 34.9 Å². The van der Waals surface area contributed by atoms with Gasteiger partial charge in [-0.2, -0.15) is 0 Å². The summed E-state index contributed by atoms with van der Waals surface area (Å²) in [5, 5.41) is 0. The van der Waals surface area contributed by atoms with E-state index in [1.54, 1.807) is 0 Å². The Kier molecular flexibility index (Phi) is 3.80. The summed E-state index contributed by atoms with van der Waals surface area (Å²) in [6.07, 6.45) is 1.05. The van der Waals surface area contributed by atoms with Crippen molar-refractivity contribution in [2.75, 3.05) is 6.54 Å². The first-order valence-electron chi connectivity index (χ1n) is 6.05. The molecule has 0 bridgehead atoms. The minimum absolute atomic E-state index is 0.182. The van der Waals surface area contributed by atoms with Gasteiger partial charge in [-0.25, -0.2) is 0 Å². The molecule has 1 nitrogen and oxygen atoms in total. The molecule has 0 radical (unpaired) electrons. The van der Waals surface area contributed by atoms with Crippen LogP contribution in [-0.4, -0.2) is 6.54 Å². The molecule has 1 aromatic rings. The van der Waals surface area contributed by atoms with Gasteiger partial charge in [0.15, 0.2) is 0 Å². The van der Waals surface area contributed by atoms with Crippen LogP contribution in [-0.2, 0) is 11.8 Å². The van der Waals surface area contributed by atoms with E-state index in [1.807, 2.05) is 0 Å². The highest BCUT2D eigenvalue weighted by atomic mass is 14.6. The van der Waals surface area contributed by atoms with Crippen molar-refractivity contribution in [2.45, 2.75) is 46.5 Å². The molecule has 0 spiro atoms. The lowest BCUT2D eigenvalue weighted by Gasteiger charge is -2.28. The summed E-state index contributed by atoms with van der Waals surface area (Å²) >= 11 is 0. The van der Waals surface area contributed by atoms with Gasteiger partial charge in [0.2, 0.25) is 0 Å². The summed E-state index contributed by atoms with van der Waals surface area (Å²) in [5.74, 6) is 0. The van der Waals surface area contributed by atoms with Gasteiger partial charge in [0.25, 0.3) is 0 Å². The quantitative estimate of drug-likeness (QED) is 0.827. The van der Waals surface area contributed by atoms with Crippen molar-refractivity contribution in [1.29, 1.82) is 0 Å². The van der Waals surface area contributed by atoms with E-state index in [0.717, 1.165) is 13.0 Å². The Labute approximate surface area is 100 Å². The highest BCUT2D eigenvalue weighted by molar-refractivity contribution is 5.33. The standard InChI is InChI=1S/C15H25N/c1-14(2,3)13-9-7-6-8-12(13)10-15(4,5)11-16/h6-9H,10-11,16H2,1-5H3. The fourth-order valence-electron chi connectivity index (χ4n) is 1.99. The first kappa shape index (κ1) is 13.2. The molecule has 16 heavy (non-hydrogen) atoms. The van der Waals surface area contributed by atoms with Gasteiger partial charge in [-0.3, -0.25) is 0 Å². The van der Waals surface area contributed by atoms with Crippen molar-refractivity contribution in [2.24, 2.45) is 11.1 Å². The number of hydrogen-bond acceptors (Lipinski definition) is 1. The van der Waals surface area contributed by atoms with Gasteiger partial charge in [0.1, 0.15) is 0 Å². The van der Waals surface area contributed by atoms with Crippen LogP contribution in [0.4, 0.5) is 0 Å². The molecule has 0 heterocycles. The molecule has 0 unspecified atom stereocenters.